The molecular formula is C17H16ClN7. The molecule has 0 aliphatic rings. The van der Waals surface area contributed by atoms with Crippen LogP contribution in [0.25, 0.3) is 22.2 Å². The first-order valence-electron chi connectivity index (χ1n) is 7.88. The van der Waals surface area contributed by atoms with Crippen LogP contribution in [-0.2, 0) is 0 Å². The molecule has 25 heavy (non-hydrogen) atoms. The molecule has 0 aliphatic heterocycles. The molecule has 1 aromatic carbocycles. The van der Waals surface area contributed by atoms with Crippen molar-refractivity contribution in [3.8, 4) is 11.3 Å². The van der Waals surface area contributed by atoms with Gasteiger partial charge >= 0.3 is 0 Å². The van der Waals surface area contributed by atoms with E-state index < -0.39 is 0 Å². The van der Waals surface area contributed by atoms with Crippen LogP contribution in [0.1, 0.15) is 31.9 Å². The van der Waals surface area contributed by atoms with Crippen LogP contribution in [0.2, 0.25) is 5.02 Å². The Balaban J connectivity index is 2.04. The van der Waals surface area contributed by atoms with Gasteiger partial charge in [-0.3, -0.25) is 0 Å². The van der Waals surface area contributed by atoms with Crippen molar-refractivity contribution in [3.05, 3.63) is 47.8 Å². The molecule has 0 fully saturated rings. The fourth-order valence-electron chi connectivity index (χ4n) is 2.50. The summed E-state index contributed by atoms with van der Waals surface area (Å²) in [6.07, 6.45) is 7.33. The topological polar surface area (TPSA) is 100 Å². The zero-order chi connectivity index (χ0) is 17.6. The lowest BCUT2D eigenvalue weighted by atomic mass is 10.1. The monoisotopic (exact) mass is 353 g/mol. The van der Waals surface area contributed by atoms with Crippen LogP contribution in [-0.4, -0.2) is 25.6 Å². The van der Waals surface area contributed by atoms with E-state index in [1.165, 1.54) is 12.7 Å². The van der Waals surface area contributed by atoms with Gasteiger partial charge in [0.05, 0.1) is 27.6 Å². The van der Waals surface area contributed by atoms with Crippen LogP contribution in [0.4, 0.5) is 0 Å². The summed E-state index contributed by atoms with van der Waals surface area (Å²) in [6.45, 7) is 2.10. The van der Waals surface area contributed by atoms with E-state index in [9.17, 15) is 0 Å². The zero-order valence-electron chi connectivity index (χ0n) is 13.6. The summed E-state index contributed by atoms with van der Waals surface area (Å²) in [5, 5.41) is 8.42. The van der Waals surface area contributed by atoms with E-state index in [-0.39, 0.29) is 0 Å². The number of benzene rings is 1. The van der Waals surface area contributed by atoms with Crippen molar-refractivity contribution in [3.63, 3.8) is 0 Å². The lowest BCUT2D eigenvalue weighted by Crippen LogP contribution is -2.04. The minimum absolute atomic E-state index is 0.564. The van der Waals surface area contributed by atoms with E-state index in [0.717, 1.165) is 29.3 Å². The molecule has 0 bridgehead atoms. The molecule has 0 aliphatic carbocycles. The van der Waals surface area contributed by atoms with Crippen molar-refractivity contribution >= 4 is 28.2 Å². The van der Waals surface area contributed by atoms with Gasteiger partial charge in [0.1, 0.15) is 12.7 Å². The lowest BCUT2D eigenvalue weighted by molar-refractivity contribution is 0.826. The van der Waals surface area contributed by atoms with Crippen LogP contribution in [0.15, 0.2) is 47.4 Å². The Hall–Kier alpha value is -2.80. The van der Waals surface area contributed by atoms with Gasteiger partial charge < -0.3 is 0 Å². The van der Waals surface area contributed by atoms with Crippen LogP contribution in [0.5, 0.6) is 0 Å². The number of nitrogens with one attached hydrogen (secondary N) is 1. The van der Waals surface area contributed by atoms with Crippen molar-refractivity contribution in [2.45, 2.75) is 26.2 Å². The third-order valence-electron chi connectivity index (χ3n) is 3.77. The second-order valence-corrected chi connectivity index (χ2v) is 5.86. The Morgan fingerprint density at radius 2 is 2.04 bits per heavy atom. The van der Waals surface area contributed by atoms with Gasteiger partial charge in [-0.2, -0.15) is 5.53 Å². The van der Waals surface area contributed by atoms with Crippen LogP contribution in [0, 0.1) is 5.53 Å². The summed E-state index contributed by atoms with van der Waals surface area (Å²) < 4.78 is 0. The predicted octanol–water partition coefficient (Wildman–Crippen LogP) is 4.67. The molecule has 0 atom stereocenters. The smallest absolute Gasteiger partial charge is 0.116 e. The Bertz CT molecular complexity index is 939. The van der Waals surface area contributed by atoms with Gasteiger partial charge in [-0.1, -0.05) is 30.2 Å². The number of hydrogen-bond acceptors (Lipinski definition) is 6. The van der Waals surface area contributed by atoms with Gasteiger partial charge in [-0.05, 0) is 31.0 Å². The number of halogens is 1. The molecule has 0 spiro atoms. The first kappa shape index (κ1) is 17.0. The normalized spacial score (nSPS) is 11.7. The highest BCUT2D eigenvalue weighted by Crippen LogP contribution is 2.28. The molecule has 0 unspecified atom stereocenters. The van der Waals surface area contributed by atoms with Gasteiger partial charge in [-0.15, -0.1) is 5.10 Å². The first-order valence-corrected chi connectivity index (χ1v) is 8.26. The summed E-state index contributed by atoms with van der Waals surface area (Å²) in [5.74, 6) is 0. The Morgan fingerprint density at radius 3 is 2.84 bits per heavy atom. The maximum atomic E-state index is 7.02. The Labute approximate surface area is 149 Å². The summed E-state index contributed by atoms with van der Waals surface area (Å²) in [4.78, 5) is 16.9. The number of unbranched alkanes of at least 4 members (excludes halogenated alkanes) is 1. The summed E-state index contributed by atoms with van der Waals surface area (Å²) in [7, 11) is 0. The molecule has 1 N–H and O–H groups in total. The standard InChI is InChI=1S/C17H16ClN7/c1-2-3-4-14(24-25-19)17-7-15(22-10-23-17)11-5-13(18)12-8-20-9-21-16(12)6-11/h5-10,19H,2-4H2,1H3/b24-14-,25-19?. The first-order chi connectivity index (χ1) is 12.2. The van der Waals surface area contributed by atoms with E-state index in [0.29, 0.717) is 28.5 Å². The van der Waals surface area contributed by atoms with Crippen LogP contribution >= 0.6 is 11.6 Å². The molecule has 8 heteroatoms. The molecule has 0 radical (unpaired) electrons. The van der Waals surface area contributed by atoms with Crippen molar-refractivity contribution in [2.75, 3.05) is 0 Å². The Kier molecular flexibility index (Phi) is 5.35. The van der Waals surface area contributed by atoms with Crippen molar-refractivity contribution in [2.24, 2.45) is 10.3 Å². The van der Waals surface area contributed by atoms with Gasteiger partial charge in [0, 0.05) is 17.1 Å². The fourth-order valence-corrected chi connectivity index (χ4v) is 2.76. The number of hydrogen-bond donors (Lipinski definition) is 1. The lowest BCUT2D eigenvalue weighted by Gasteiger charge is -2.07. The maximum absolute atomic E-state index is 7.02. The van der Waals surface area contributed by atoms with Gasteiger partial charge in [-0.25, -0.2) is 19.9 Å². The van der Waals surface area contributed by atoms with E-state index in [4.69, 9.17) is 17.1 Å². The van der Waals surface area contributed by atoms with E-state index in [1.807, 2.05) is 18.2 Å². The van der Waals surface area contributed by atoms with Crippen molar-refractivity contribution in [1.82, 2.24) is 19.9 Å². The minimum atomic E-state index is 0.564. The predicted molar refractivity (Wildman–Crippen MR) is 96.8 cm³/mol. The molecule has 3 rings (SSSR count). The van der Waals surface area contributed by atoms with Crippen LogP contribution in [0.3, 0.4) is 0 Å². The minimum Gasteiger partial charge on any atom is -0.244 e. The molecule has 0 saturated heterocycles. The number of fused-ring (bicyclic) bond motifs is 1. The molecular weight excluding hydrogens is 338 g/mol. The zero-order valence-corrected chi connectivity index (χ0v) is 14.4. The molecule has 2 heterocycles. The van der Waals surface area contributed by atoms with E-state index in [1.54, 1.807) is 6.20 Å². The van der Waals surface area contributed by atoms with E-state index in [2.05, 4.69) is 37.2 Å². The fraction of sp³-hybridized carbons (Fsp3) is 0.235. The SMILES string of the molecule is CCCC/C(=N/N=N)c1cc(-c2cc(Cl)c3cncnc3c2)ncn1. The average Bonchev–Trinajstić information content (AvgIpc) is 2.65. The quantitative estimate of drug-likeness (QED) is 0.395. The van der Waals surface area contributed by atoms with Crippen LogP contribution < -0.4 is 0 Å². The number of rotatable bonds is 6. The summed E-state index contributed by atoms with van der Waals surface area (Å²) in [6, 6.07) is 5.57. The van der Waals surface area contributed by atoms with Gasteiger partial charge in [0.15, 0.2) is 0 Å². The highest BCUT2D eigenvalue weighted by Gasteiger charge is 2.11. The molecule has 0 amide bonds. The third kappa shape index (κ3) is 3.83. The maximum Gasteiger partial charge on any atom is 0.116 e. The molecule has 0 saturated carbocycles. The summed E-state index contributed by atoms with van der Waals surface area (Å²) >= 11 is 6.35. The van der Waals surface area contributed by atoms with E-state index >= 15 is 0 Å². The molecule has 2 aromatic heterocycles. The highest BCUT2D eigenvalue weighted by molar-refractivity contribution is 6.35. The molecule has 126 valence electrons. The number of aromatic nitrogens is 4. The third-order valence-corrected chi connectivity index (χ3v) is 4.08. The van der Waals surface area contributed by atoms with Crippen molar-refractivity contribution < 1.29 is 0 Å². The average molecular weight is 354 g/mol. The Morgan fingerprint density at radius 1 is 1.16 bits per heavy atom. The second kappa shape index (κ2) is 7.85. The largest absolute Gasteiger partial charge is 0.244 e. The number of nitrogens with zero attached hydrogens (tertiary/aromatic N) is 6. The van der Waals surface area contributed by atoms with Gasteiger partial charge in [0.2, 0.25) is 0 Å². The second-order valence-electron chi connectivity index (χ2n) is 5.45. The van der Waals surface area contributed by atoms with Crippen molar-refractivity contribution in [1.29, 1.82) is 5.53 Å². The molecule has 3 aromatic rings. The summed E-state index contributed by atoms with van der Waals surface area (Å²) in [5.41, 5.74) is 10.6. The highest BCUT2D eigenvalue weighted by atomic mass is 35.5. The van der Waals surface area contributed by atoms with Gasteiger partial charge in [0.25, 0.3) is 0 Å². The molecule has 7 nitrogen and oxygen atoms in total.